The molecule has 0 N–H and O–H groups in total. The number of nitrogens with zero attached hydrogens (tertiary/aromatic N) is 1. The Morgan fingerprint density at radius 1 is 1.25 bits per heavy atom. The van der Waals surface area contributed by atoms with Crippen LogP contribution in [0, 0.1) is 16.7 Å². The van der Waals surface area contributed by atoms with Gasteiger partial charge in [-0.3, -0.25) is 4.79 Å². The Morgan fingerprint density at radius 3 is 2.30 bits per heavy atom. The van der Waals surface area contributed by atoms with E-state index < -0.39 is 5.41 Å². The molecule has 0 aliphatic heterocycles. The summed E-state index contributed by atoms with van der Waals surface area (Å²) in [5.74, 6) is 0.637. The van der Waals surface area contributed by atoms with E-state index in [-0.39, 0.29) is 11.4 Å². The van der Waals surface area contributed by atoms with Gasteiger partial charge in [0.05, 0.1) is 12.7 Å². The van der Waals surface area contributed by atoms with Gasteiger partial charge in [-0.15, -0.1) is 0 Å². The number of ketones is 1. The third-order valence-corrected chi connectivity index (χ3v) is 2.71. The number of hydrogen-bond donors (Lipinski definition) is 0. The second-order valence-electron chi connectivity index (χ2n) is 5.40. The lowest BCUT2D eigenvalue weighted by atomic mass is 9.86. The number of allylic oxidation sites excluding steroid dienone is 3. The second-order valence-corrected chi connectivity index (χ2v) is 5.40. The fourth-order valence-electron chi connectivity index (χ4n) is 1.54. The van der Waals surface area contributed by atoms with Crippen LogP contribution in [0.1, 0.15) is 26.3 Å². The first kappa shape index (κ1) is 15.7. The van der Waals surface area contributed by atoms with Crippen molar-refractivity contribution in [2.24, 2.45) is 5.41 Å². The van der Waals surface area contributed by atoms with Gasteiger partial charge in [-0.2, -0.15) is 5.26 Å². The molecule has 0 amide bonds. The first-order valence-corrected chi connectivity index (χ1v) is 6.36. The van der Waals surface area contributed by atoms with E-state index in [1.807, 2.05) is 36.4 Å². The van der Waals surface area contributed by atoms with Crippen LogP contribution in [0.25, 0.3) is 6.08 Å². The summed E-state index contributed by atoms with van der Waals surface area (Å²) in [5, 5.41) is 9.04. The number of benzene rings is 1. The molecular weight excluding hydrogens is 250 g/mol. The highest BCUT2D eigenvalue weighted by Crippen LogP contribution is 2.19. The maximum absolute atomic E-state index is 12.0. The minimum absolute atomic E-state index is 0.153. The Kier molecular flexibility index (Phi) is 5.28. The monoisotopic (exact) mass is 269 g/mol. The van der Waals surface area contributed by atoms with Crippen molar-refractivity contribution in [3.8, 4) is 11.8 Å². The van der Waals surface area contributed by atoms with E-state index in [1.54, 1.807) is 40.0 Å². The minimum atomic E-state index is -0.546. The molecular formula is C17H19NO2. The summed E-state index contributed by atoms with van der Waals surface area (Å²) in [4.78, 5) is 12.0. The van der Waals surface area contributed by atoms with Crippen LogP contribution < -0.4 is 4.74 Å². The van der Waals surface area contributed by atoms with E-state index in [1.165, 1.54) is 0 Å². The van der Waals surface area contributed by atoms with Gasteiger partial charge in [0.15, 0.2) is 5.78 Å². The maximum atomic E-state index is 12.0. The SMILES string of the molecule is COc1ccc(/C=C\C=C(\C#N)C(=O)C(C)(C)C)cc1. The number of rotatable bonds is 4. The Labute approximate surface area is 120 Å². The fourth-order valence-corrected chi connectivity index (χ4v) is 1.54. The van der Waals surface area contributed by atoms with Crippen LogP contribution in [0.15, 0.2) is 42.0 Å². The van der Waals surface area contributed by atoms with Crippen molar-refractivity contribution in [3.05, 3.63) is 47.6 Å². The first-order chi connectivity index (χ1) is 9.38. The summed E-state index contributed by atoms with van der Waals surface area (Å²) in [7, 11) is 1.62. The lowest BCUT2D eigenvalue weighted by molar-refractivity contribution is -0.122. The van der Waals surface area contributed by atoms with E-state index in [0.717, 1.165) is 11.3 Å². The number of Topliss-reactive ketones (excluding diaryl/α,β-unsaturated/α-hetero) is 1. The summed E-state index contributed by atoms with van der Waals surface area (Å²) in [6.45, 7) is 5.40. The summed E-state index contributed by atoms with van der Waals surface area (Å²) in [6.07, 6.45) is 5.11. The number of ether oxygens (including phenoxy) is 1. The van der Waals surface area contributed by atoms with E-state index in [0.29, 0.717) is 0 Å². The van der Waals surface area contributed by atoms with Crippen LogP contribution in [0.5, 0.6) is 5.75 Å². The van der Waals surface area contributed by atoms with Crippen molar-refractivity contribution in [2.75, 3.05) is 7.11 Å². The lowest BCUT2D eigenvalue weighted by Gasteiger charge is -2.14. The van der Waals surface area contributed by atoms with Crippen LogP contribution in [0.2, 0.25) is 0 Å². The van der Waals surface area contributed by atoms with Gasteiger partial charge in [-0.25, -0.2) is 0 Å². The molecule has 3 nitrogen and oxygen atoms in total. The van der Waals surface area contributed by atoms with Gasteiger partial charge < -0.3 is 4.74 Å². The zero-order valence-corrected chi connectivity index (χ0v) is 12.3. The summed E-state index contributed by atoms with van der Waals surface area (Å²) in [6, 6.07) is 9.47. The van der Waals surface area contributed by atoms with Crippen LogP contribution in [0.4, 0.5) is 0 Å². The Morgan fingerprint density at radius 2 is 1.85 bits per heavy atom. The molecule has 0 saturated carbocycles. The van der Waals surface area contributed by atoms with Gasteiger partial charge in [0.25, 0.3) is 0 Å². The maximum Gasteiger partial charge on any atom is 0.178 e. The number of nitriles is 1. The highest BCUT2D eigenvalue weighted by Gasteiger charge is 2.24. The molecule has 0 spiro atoms. The first-order valence-electron chi connectivity index (χ1n) is 6.36. The molecule has 0 saturated heterocycles. The topological polar surface area (TPSA) is 50.1 Å². The van der Waals surface area contributed by atoms with Crippen LogP contribution in [-0.2, 0) is 4.79 Å². The number of methoxy groups -OCH3 is 1. The third kappa shape index (κ3) is 4.40. The second kappa shape index (κ2) is 6.72. The average molecular weight is 269 g/mol. The lowest BCUT2D eigenvalue weighted by Crippen LogP contribution is -2.21. The van der Waals surface area contributed by atoms with Gasteiger partial charge in [0.1, 0.15) is 11.8 Å². The number of carbonyl (C=O) groups is 1. The van der Waals surface area contributed by atoms with Gasteiger partial charge >= 0.3 is 0 Å². The summed E-state index contributed by atoms with van der Waals surface area (Å²) in [5.41, 5.74) is 0.597. The quantitative estimate of drug-likeness (QED) is 0.475. The molecule has 0 fully saturated rings. The molecule has 104 valence electrons. The smallest absolute Gasteiger partial charge is 0.178 e. The normalized spacial score (nSPS) is 12.2. The van der Waals surface area contributed by atoms with Crippen molar-refractivity contribution < 1.29 is 9.53 Å². The molecule has 0 bridgehead atoms. The Bertz CT molecular complexity index is 566. The van der Waals surface area contributed by atoms with Gasteiger partial charge in [-0.1, -0.05) is 45.1 Å². The van der Waals surface area contributed by atoms with Gasteiger partial charge in [0, 0.05) is 5.41 Å². The molecule has 0 atom stereocenters. The Hall–Kier alpha value is -2.34. The van der Waals surface area contributed by atoms with Crippen molar-refractivity contribution in [1.82, 2.24) is 0 Å². The molecule has 0 aliphatic carbocycles. The third-order valence-electron chi connectivity index (χ3n) is 2.71. The minimum Gasteiger partial charge on any atom is -0.497 e. The molecule has 0 aromatic heterocycles. The zero-order valence-electron chi connectivity index (χ0n) is 12.3. The molecule has 3 heteroatoms. The zero-order chi connectivity index (χ0) is 15.2. The molecule has 0 aliphatic rings. The van der Waals surface area contributed by atoms with Crippen molar-refractivity contribution in [1.29, 1.82) is 5.26 Å². The molecule has 1 rings (SSSR count). The van der Waals surface area contributed by atoms with E-state index in [4.69, 9.17) is 10.00 Å². The number of carbonyl (C=O) groups excluding carboxylic acids is 1. The molecule has 20 heavy (non-hydrogen) atoms. The molecule has 1 aromatic rings. The predicted molar refractivity (Wildman–Crippen MR) is 80.2 cm³/mol. The highest BCUT2D eigenvalue weighted by atomic mass is 16.5. The highest BCUT2D eigenvalue weighted by molar-refractivity contribution is 6.02. The average Bonchev–Trinajstić information content (AvgIpc) is 2.42. The summed E-state index contributed by atoms with van der Waals surface area (Å²) < 4.78 is 5.07. The van der Waals surface area contributed by atoms with Crippen LogP contribution in [0.3, 0.4) is 0 Å². The van der Waals surface area contributed by atoms with E-state index in [2.05, 4.69) is 0 Å². The van der Waals surface area contributed by atoms with E-state index >= 15 is 0 Å². The molecule has 1 aromatic carbocycles. The van der Waals surface area contributed by atoms with Crippen molar-refractivity contribution >= 4 is 11.9 Å². The van der Waals surface area contributed by atoms with Gasteiger partial charge in [-0.05, 0) is 23.8 Å². The largest absolute Gasteiger partial charge is 0.497 e. The van der Waals surface area contributed by atoms with Crippen molar-refractivity contribution in [3.63, 3.8) is 0 Å². The fraction of sp³-hybridized carbons (Fsp3) is 0.294. The molecule has 0 unspecified atom stereocenters. The molecule has 0 heterocycles. The van der Waals surface area contributed by atoms with Crippen molar-refractivity contribution in [2.45, 2.75) is 20.8 Å². The predicted octanol–water partition coefficient (Wildman–Crippen LogP) is 3.77. The standard InChI is InChI=1S/C17H19NO2/c1-17(2,3)16(19)14(12-18)7-5-6-13-8-10-15(20-4)11-9-13/h5-11H,1-4H3/b6-5-,14-7-. The van der Waals surface area contributed by atoms with Crippen LogP contribution in [-0.4, -0.2) is 12.9 Å². The number of hydrogen-bond acceptors (Lipinski definition) is 3. The summed E-state index contributed by atoms with van der Waals surface area (Å²) >= 11 is 0. The van der Waals surface area contributed by atoms with Crippen LogP contribution >= 0.6 is 0 Å². The van der Waals surface area contributed by atoms with Gasteiger partial charge in [0.2, 0.25) is 0 Å². The van der Waals surface area contributed by atoms with E-state index in [9.17, 15) is 4.79 Å². The Balaban J connectivity index is 2.85. The molecule has 0 radical (unpaired) electrons.